The zero-order valence-electron chi connectivity index (χ0n) is 17.0. The van der Waals surface area contributed by atoms with Crippen LogP contribution in [0.1, 0.15) is 56.1 Å². The number of aromatic nitrogens is 1. The fraction of sp³-hybridized carbons (Fsp3) is 0.435. The number of hydrogen-bond donors (Lipinski definition) is 2. The average Bonchev–Trinajstić information content (AvgIpc) is 3.34. The molecule has 1 fully saturated rings. The van der Waals surface area contributed by atoms with Gasteiger partial charge in [-0.15, -0.1) is 0 Å². The molecule has 2 heterocycles. The van der Waals surface area contributed by atoms with Crippen LogP contribution in [0.15, 0.2) is 35.5 Å². The summed E-state index contributed by atoms with van der Waals surface area (Å²) in [5.41, 5.74) is 1.74. The van der Waals surface area contributed by atoms with Crippen molar-refractivity contribution < 1.29 is 19.3 Å². The molecule has 2 N–H and O–H groups in total. The first-order valence-electron chi connectivity index (χ1n) is 10.1. The normalized spacial score (nSPS) is 21.7. The van der Waals surface area contributed by atoms with Crippen LogP contribution in [-0.4, -0.2) is 33.7 Å². The van der Waals surface area contributed by atoms with Crippen LogP contribution in [0.4, 0.5) is 4.39 Å². The van der Waals surface area contributed by atoms with Gasteiger partial charge in [0.15, 0.2) is 0 Å². The molecule has 1 aliphatic heterocycles. The van der Waals surface area contributed by atoms with E-state index in [1.54, 1.807) is 19.1 Å². The van der Waals surface area contributed by atoms with Crippen molar-refractivity contribution in [2.45, 2.75) is 58.0 Å². The minimum absolute atomic E-state index is 0.163. The second-order valence-corrected chi connectivity index (χ2v) is 7.45. The molecule has 29 heavy (non-hydrogen) atoms. The lowest BCUT2D eigenvalue weighted by Gasteiger charge is -2.21. The second kappa shape index (κ2) is 9.48. The highest BCUT2D eigenvalue weighted by Crippen LogP contribution is 2.34. The zero-order chi connectivity index (χ0) is 21.0. The van der Waals surface area contributed by atoms with Crippen molar-refractivity contribution >= 4 is 18.5 Å². The predicted octanol–water partition coefficient (Wildman–Crippen LogP) is 2.73. The summed E-state index contributed by atoms with van der Waals surface area (Å²) in [4.78, 5) is 4.38. The number of nitrogens with zero attached hydrogens (tertiary/aromatic N) is 2. The highest BCUT2D eigenvalue weighted by molar-refractivity contribution is 5.65. The molecule has 1 aromatic carbocycles. The first kappa shape index (κ1) is 21.4. The van der Waals surface area contributed by atoms with Gasteiger partial charge in [0, 0.05) is 23.0 Å². The van der Waals surface area contributed by atoms with Gasteiger partial charge in [0.05, 0.1) is 18.4 Å². The molecule has 0 amide bonds. The van der Waals surface area contributed by atoms with Crippen molar-refractivity contribution in [2.75, 3.05) is 6.61 Å². The molecule has 0 bridgehead atoms. The molecule has 0 radical (unpaired) electrons. The standard InChI is InChI=1S/C23H29FN2O3/c1-4-5-11-25-20(14-27)18-10-12-26(16(18)3)22-9-8-21(29-22)23(28)17-6-7-19(24)15(2)13-17/h6-7,10-13,21-23,27-28H,3-5,8-9,14H2,1-2H3/b20-18-,25-11?. The van der Waals surface area contributed by atoms with Gasteiger partial charge in [0.1, 0.15) is 18.1 Å². The summed E-state index contributed by atoms with van der Waals surface area (Å²) in [5.74, 6) is -0.287. The van der Waals surface area contributed by atoms with Crippen molar-refractivity contribution in [1.82, 2.24) is 4.57 Å². The minimum atomic E-state index is -0.819. The number of aliphatic hydroxyl groups excluding tert-OH is 2. The fourth-order valence-electron chi connectivity index (χ4n) is 3.66. The number of hydrogen-bond acceptors (Lipinski definition) is 4. The monoisotopic (exact) mass is 400 g/mol. The van der Waals surface area contributed by atoms with E-state index >= 15 is 0 Å². The van der Waals surface area contributed by atoms with Crippen molar-refractivity contribution in [3.05, 3.63) is 58.0 Å². The molecular formula is C23H29FN2O3. The van der Waals surface area contributed by atoms with Crippen LogP contribution >= 0.6 is 0 Å². The Bertz CT molecular complexity index is 982. The summed E-state index contributed by atoms with van der Waals surface area (Å²) < 4.78 is 21.5. The molecule has 1 aromatic heterocycles. The Labute approximate surface area is 170 Å². The first-order chi connectivity index (χ1) is 14.0. The van der Waals surface area contributed by atoms with Gasteiger partial charge in [0.2, 0.25) is 0 Å². The number of aryl methyl sites for hydroxylation is 1. The van der Waals surface area contributed by atoms with E-state index < -0.39 is 6.10 Å². The molecule has 0 spiro atoms. The van der Waals surface area contributed by atoms with Crippen molar-refractivity contribution in [3.8, 4) is 0 Å². The molecular weight excluding hydrogens is 371 g/mol. The highest BCUT2D eigenvalue weighted by atomic mass is 19.1. The van der Waals surface area contributed by atoms with E-state index in [4.69, 9.17) is 4.74 Å². The summed E-state index contributed by atoms with van der Waals surface area (Å²) in [6.45, 7) is 7.73. The summed E-state index contributed by atoms with van der Waals surface area (Å²) in [6.07, 6.45) is 5.50. The van der Waals surface area contributed by atoms with Gasteiger partial charge >= 0.3 is 0 Å². The van der Waals surface area contributed by atoms with E-state index in [0.29, 0.717) is 23.2 Å². The zero-order valence-corrected chi connectivity index (χ0v) is 17.0. The Hall–Kier alpha value is -2.28. The number of aliphatic imine (C=N–C) groups is 1. The lowest BCUT2D eigenvalue weighted by Crippen LogP contribution is -2.32. The van der Waals surface area contributed by atoms with Gasteiger partial charge in [0.25, 0.3) is 0 Å². The minimum Gasteiger partial charge on any atom is -0.390 e. The van der Waals surface area contributed by atoms with Crippen LogP contribution in [0.3, 0.4) is 0 Å². The predicted molar refractivity (Wildman–Crippen MR) is 112 cm³/mol. The Morgan fingerprint density at radius 2 is 2.21 bits per heavy atom. The largest absolute Gasteiger partial charge is 0.390 e. The van der Waals surface area contributed by atoms with E-state index in [0.717, 1.165) is 29.8 Å². The molecule has 0 aliphatic carbocycles. The van der Waals surface area contributed by atoms with Crippen LogP contribution in [0.5, 0.6) is 0 Å². The van der Waals surface area contributed by atoms with Gasteiger partial charge in [-0.2, -0.15) is 0 Å². The van der Waals surface area contributed by atoms with E-state index in [1.165, 1.54) is 6.07 Å². The summed E-state index contributed by atoms with van der Waals surface area (Å²) >= 11 is 0. The Balaban J connectivity index is 1.79. The lowest BCUT2D eigenvalue weighted by molar-refractivity contribution is -0.0611. The van der Waals surface area contributed by atoms with Crippen molar-refractivity contribution in [3.63, 3.8) is 0 Å². The summed E-state index contributed by atoms with van der Waals surface area (Å²) in [5, 5.41) is 21.9. The molecule has 1 aliphatic rings. The van der Waals surface area contributed by atoms with Crippen LogP contribution in [0.2, 0.25) is 0 Å². The van der Waals surface area contributed by atoms with Gasteiger partial charge in [-0.25, -0.2) is 4.39 Å². The Morgan fingerprint density at radius 1 is 1.41 bits per heavy atom. The van der Waals surface area contributed by atoms with Crippen LogP contribution in [0.25, 0.3) is 12.3 Å². The van der Waals surface area contributed by atoms with Gasteiger partial charge in [-0.1, -0.05) is 32.1 Å². The molecule has 156 valence electrons. The molecule has 0 saturated carbocycles. The number of benzene rings is 1. The van der Waals surface area contributed by atoms with Crippen LogP contribution < -0.4 is 10.6 Å². The van der Waals surface area contributed by atoms with E-state index in [9.17, 15) is 14.6 Å². The third kappa shape index (κ3) is 4.66. The third-order valence-corrected chi connectivity index (χ3v) is 5.37. The molecule has 3 rings (SSSR count). The first-order valence-corrected chi connectivity index (χ1v) is 10.1. The molecule has 6 heteroatoms. The highest BCUT2D eigenvalue weighted by Gasteiger charge is 2.32. The Morgan fingerprint density at radius 3 is 2.90 bits per heavy atom. The maximum atomic E-state index is 13.5. The second-order valence-electron chi connectivity index (χ2n) is 7.45. The average molecular weight is 400 g/mol. The van der Waals surface area contributed by atoms with Gasteiger partial charge in [-0.05, 0) is 49.4 Å². The number of halogens is 1. The Kier molecular flexibility index (Phi) is 7.00. The number of aliphatic hydroxyl groups is 2. The van der Waals surface area contributed by atoms with Crippen LogP contribution in [-0.2, 0) is 4.74 Å². The van der Waals surface area contributed by atoms with Gasteiger partial charge < -0.3 is 19.5 Å². The SMILES string of the molecule is C=c1/c(=C(/CO)N=CCCC)ccn1C1CCC(C(O)c2ccc(F)c(C)c2)O1. The van der Waals surface area contributed by atoms with E-state index in [1.807, 2.05) is 23.0 Å². The lowest BCUT2D eigenvalue weighted by atomic mass is 10.0. The molecule has 5 nitrogen and oxygen atoms in total. The van der Waals surface area contributed by atoms with Crippen molar-refractivity contribution in [2.24, 2.45) is 4.99 Å². The van der Waals surface area contributed by atoms with Crippen molar-refractivity contribution in [1.29, 1.82) is 0 Å². The number of rotatable bonds is 7. The van der Waals surface area contributed by atoms with E-state index in [-0.39, 0.29) is 24.8 Å². The fourth-order valence-corrected chi connectivity index (χ4v) is 3.66. The van der Waals surface area contributed by atoms with E-state index in [2.05, 4.69) is 18.5 Å². The van der Waals surface area contributed by atoms with Crippen LogP contribution in [0, 0.1) is 12.7 Å². The third-order valence-electron chi connectivity index (χ3n) is 5.37. The maximum Gasteiger partial charge on any atom is 0.134 e. The summed E-state index contributed by atoms with van der Waals surface area (Å²) in [6, 6.07) is 6.51. The topological polar surface area (TPSA) is 67.0 Å². The van der Waals surface area contributed by atoms with Gasteiger partial charge in [-0.3, -0.25) is 4.99 Å². The molecule has 2 aromatic rings. The molecule has 3 unspecified atom stereocenters. The number of ether oxygens (including phenoxy) is 1. The quantitative estimate of drug-likeness (QED) is 0.703. The smallest absolute Gasteiger partial charge is 0.134 e. The summed E-state index contributed by atoms with van der Waals surface area (Å²) in [7, 11) is 0. The maximum absolute atomic E-state index is 13.5. The molecule has 3 atom stereocenters. The molecule has 1 saturated heterocycles. The number of unbranched alkanes of at least 4 members (excludes halogenated alkanes) is 1.